The fraction of sp³-hybridized carbons (Fsp3) is 1.00. The summed E-state index contributed by atoms with van der Waals surface area (Å²) in [4.78, 5) is 2.41. The number of nitrogens with one attached hydrogen (secondary N) is 1. The molecule has 3 N–H and O–H groups in total. The molecule has 2 atom stereocenters. The molecule has 2 aliphatic heterocycles. The molecule has 0 aromatic carbocycles. The average molecular weight is 255 g/mol. The summed E-state index contributed by atoms with van der Waals surface area (Å²) in [7, 11) is 2.20. The van der Waals surface area contributed by atoms with Gasteiger partial charge in [0.25, 0.3) is 0 Å². The third-order valence-electron chi connectivity index (χ3n) is 4.70. The molecule has 106 valence electrons. The molecule has 0 aromatic rings. The molecule has 2 aliphatic rings. The first-order chi connectivity index (χ1) is 8.58. The topological polar surface area (TPSA) is 50.5 Å². The summed E-state index contributed by atoms with van der Waals surface area (Å²) in [6.07, 6.45) is 5.93. The highest BCUT2D eigenvalue weighted by Crippen LogP contribution is 2.27. The van der Waals surface area contributed by atoms with Gasteiger partial charge in [0.2, 0.25) is 0 Å². The fourth-order valence-corrected chi connectivity index (χ4v) is 3.13. The Bertz CT molecular complexity index is 266. The number of hydrogen-bond acceptors (Lipinski definition) is 4. The normalized spacial score (nSPS) is 38.8. The van der Waals surface area contributed by atoms with Gasteiger partial charge in [-0.3, -0.25) is 0 Å². The Morgan fingerprint density at radius 1 is 1.22 bits per heavy atom. The van der Waals surface area contributed by atoms with Crippen molar-refractivity contribution in [3.05, 3.63) is 0 Å². The van der Waals surface area contributed by atoms with E-state index in [1.54, 1.807) is 0 Å². The SMILES string of the molecule is CN1CCCC(CN)(NCC2(C)CCCO2)CC1. The van der Waals surface area contributed by atoms with Crippen molar-refractivity contribution in [3.63, 3.8) is 0 Å². The maximum Gasteiger partial charge on any atom is 0.0779 e. The zero-order chi connectivity index (χ0) is 13.1. The summed E-state index contributed by atoms with van der Waals surface area (Å²) in [5.74, 6) is 0. The Balaban J connectivity index is 1.90. The van der Waals surface area contributed by atoms with Crippen LogP contribution in [0.2, 0.25) is 0 Å². The summed E-state index contributed by atoms with van der Waals surface area (Å²) >= 11 is 0. The van der Waals surface area contributed by atoms with E-state index in [1.165, 1.54) is 32.2 Å². The van der Waals surface area contributed by atoms with Crippen LogP contribution in [-0.2, 0) is 4.74 Å². The van der Waals surface area contributed by atoms with Crippen molar-refractivity contribution >= 4 is 0 Å². The lowest BCUT2D eigenvalue weighted by molar-refractivity contribution is 0.0134. The second-order valence-electron chi connectivity index (χ2n) is 6.40. The summed E-state index contributed by atoms with van der Waals surface area (Å²) in [6, 6.07) is 0. The van der Waals surface area contributed by atoms with Crippen LogP contribution < -0.4 is 11.1 Å². The summed E-state index contributed by atoms with van der Waals surface area (Å²) < 4.78 is 5.86. The Kier molecular flexibility index (Phi) is 4.64. The van der Waals surface area contributed by atoms with Gasteiger partial charge in [-0.05, 0) is 59.2 Å². The van der Waals surface area contributed by atoms with Crippen molar-refractivity contribution in [1.82, 2.24) is 10.2 Å². The van der Waals surface area contributed by atoms with Crippen LogP contribution in [0.1, 0.15) is 39.0 Å². The molecular formula is C14H29N3O. The highest BCUT2D eigenvalue weighted by molar-refractivity contribution is 4.95. The lowest BCUT2D eigenvalue weighted by atomic mass is 9.89. The van der Waals surface area contributed by atoms with Crippen molar-refractivity contribution in [2.75, 3.05) is 39.8 Å². The summed E-state index contributed by atoms with van der Waals surface area (Å²) in [5, 5.41) is 3.75. The van der Waals surface area contributed by atoms with Gasteiger partial charge in [0.05, 0.1) is 5.60 Å². The van der Waals surface area contributed by atoms with Gasteiger partial charge in [-0.2, -0.15) is 0 Å². The lowest BCUT2D eigenvalue weighted by Gasteiger charge is -2.36. The predicted molar refractivity (Wildman–Crippen MR) is 74.7 cm³/mol. The number of nitrogens with two attached hydrogens (primary N) is 1. The van der Waals surface area contributed by atoms with Crippen LogP contribution >= 0.6 is 0 Å². The van der Waals surface area contributed by atoms with E-state index >= 15 is 0 Å². The molecule has 0 amide bonds. The number of ether oxygens (including phenoxy) is 1. The van der Waals surface area contributed by atoms with E-state index in [4.69, 9.17) is 10.5 Å². The summed E-state index contributed by atoms with van der Waals surface area (Å²) in [5.41, 5.74) is 6.21. The van der Waals surface area contributed by atoms with Crippen LogP contribution in [0, 0.1) is 0 Å². The molecule has 2 fully saturated rings. The molecule has 2 rings (SSSR count). The minimum Gasteiger partial charge on any atom is -0.374 e. The second-order valence-corrected chi connectivity index (χ2v) is 6.40. The molecule has 0 bridgehead atoms. The van der Waals surface area contributed by atoms with Gasteiger partial charge in [0.15, 0.2) is 0 Å². The maximum atomic E-state index is 6.06. The van der Waals surface area contributed by atoms with Gasteiger partial charge >= 0.3 is 0 Å². The van der Waals surface area contributed by atoms with Crippen molar-refractivity contribution in [2.24, 2.45) is 5.73 Å². The molecule has 4 heteroatoms. The first-order valence-electron chi connectivity index (χ1n) is 7.35. The molecule has 0 aromatic heterocycles. The molecule has 0 aliphatic carbocycles. The molecule has 2 saturated heterocycles. The molecule has 18 heavy (non-hydrogen) atoms. The summed E-state index contributed by atoms with van der Waals surface area (Å²) in [6.45, 7) is 7.14. The maximum absolute atomic E-state index is 6.06. The van der Waals surface area contributed by atoms with Crippen LogP contribution in [0.4, 0.5) is 0 Å². The highest BCUT2D eigenvalue weighted by atomic mass is 16.5. The van der Waals surface area contributed by atoms with E-state index in [0.717, 1.165) is 32.7 Å². The zero-order valence-corrected chi connectivity index (χ0v) is 12.0. The largest absolute Gasteiger partial charge is 0.374 e. The van der Waals surface area contributed by atoms with E-state index < -0.39 is 0 Å². The van der Waals surface area contributed by atoms with Crippen molar-refractivity contribution in [2.45, 2.75) is 50.2 Å². The Hall–Kier alpha value is -0.160. The van der Waals surface area contributed by atoms with Crippen molar-refractivity contribution in [1.29, 1.82) is 0 Å². The first kappa shape index (κ1) is 14.3. The average Bonchev–Trinajstić information content (AvgIpc) is 2.70. The Morgan fingerprint density at radius 3 is 2.72 bits per heavy atom. The lowest BCUT2D eigenvalue weighted by Crippen LogP contribution is -2.55. The number of nitrogens with zero attached hydrogens (tertiary/aromatic N) is 1. The standard InChI is InChI=1S/C14H29N3O/c1-13(5-4-10-18-13)12-16-14(11-15)6-3-8-17(2)9-7-14/h16H,3-12,15H2,1-2H3. The zero-order valence-electron chi connectivity index (χ0n) is 12.0. The van der Waals surface area contributed by atoms with Crippen LogP contribution in [0.5, 0.6) is 0 Å². The van der Waals surface area contributed by atoms with E-state index in [1.807, 2.05) is 0 Å². The third-order valence-corrected chi connectivity index (χ3v) is 4.70. The number of likely N-dealkylation sites (tertiary alicyclic amines) is 1. The van der Waals surface area contributed by atoms with E-state index in [-0.39, 0.29) is 11.1 Å². The molecule has 0 saturated carbocycles. The quantitative estimate of drug-likeness (QED) is 0.785. The predicted octanol–water partition coefficient (Wildman–Crippen LogP) is 0.958. The van der Waals surface area contributed by atoms with E-state index in [9.17, 15) is 0 Å². The fourth-order valence-electron chi connectivity index (χ4n) is 3.13. The van der Waals surface area contributed by atoms with Gasteiger partial charge in [-0.25, -0.2) is 0 Å². The molecule has 4 nitrogen and oxygen atoms in total. The number of hydrogen-bond donors (Lipinski definition) is 2. The van der Waals surface area contributed by atoms with Gasteiger partial charge in [0.1, 0.15) is 0 Å². The minimum absolute atomic E-state index is 0.0282. The van der Waals surface area contributed by atoms with Crippen LogP contribution in [0.3, 0.4) is 0 Å². The molecule has 0 radical (unpaired) electrons. The number of rotatable bonds is 4. The van der Waals surface area contributed by atoms with Crippen LogP contribution in [0.25, 0.3) is 0 Å². The minimum atomic E-state index is 0.0282. The van der Waals surface area contributed by atoms with Gasteiger partial charge in [-0.15, -0.1) is 0 Å². The van der Waals surface area contributed by atoms with E-state index in [2.05, 4.69) is 24.2 Å². The first-order valence-corrected chi connectivity index (χ1v) is 7.35. The Morgan fingerprint density at radius 2 is 2.06 bits per heavy atom. The highest BCUT2D eigenvalue weighted by Gasteiger charge is 2.35. The van der Waals surface area contributed by atoms with Gasteiger partial charge in [0, 0.05) is 25.2 Å². The molecule has 2 unspecified atom stereocenters. The van der Waals surface area contributed by atoms with Gasteiger partial charge in [-0.1, -0.05) is 0 Å². The Labute approximate surface area is 111 Å². The second kappa shape index (κ2) is 5.87. The van der Waals surface area contributed by atoms with Crippen molar-refractivity contribution in [3.8, 4) is 0 Å². The van der Waals surface area contributed by atoms with Gasteiger partial charge < -0.3 is 20.7 Å². The molecule has 0 spiro atoms. The van der Waals surface area contributed by atoms with Crippen molar-refractivity contribution < 1.29 is 4.74 Å². The molecular weight excluding hydrogens is 226 g/mol. The monoisotopic (exact) mass is 255 g/mol. The molecule has 2 heterocycles. The van der Waals surface area contributed by atoms with Crippen LogP contribution in [0.15, 0.2) is 0 Å². The van der Waals surface area contributed by atoms with E-state index in [0.29, 0.717) is 0 Å². The smallest absolute Gasteiger partial charge is 0.0779 e. The third kappa shape index (κ3) is 3.44. The van der Waals surface area contributed by atoms with Crippen LogP contribution in [-0.4, -0.2) is 55.9 Å².